The van der Waals surface area contributed by atoms with Crippen molar-refractivity contribution in [3.63, 3.8) is 0 Å². The smallest absolute Gasteiger partial charge is 0.194 e. The molecule has 0 aliphatic rings. The molecule has 4 aromatic rings. The van der Waals surface area contributed by atoms with Crippen molar-refractivity contribution >= 4 is 5.78 Å². The summed E-state index contributed by atoms with van der Waals surface area (Å²) in [7, 11) is 0. The van der Waals surface area contributed by atoms with Crippen molar-refractivity contribution in [2.75, 3.05) is 0 Å². The number of ketones is 1. The van der Waals surface area contributed by atoms with Gasteiger partial charge in [0.15, 0.2) is 11.4 Å². The highest BCUT2D eigenvalue weighted by Crippen LogP contribution is 2.35. The summed E-state index contributed by atoms with van der Waals surface area (Å²) in [6, 6.07) is 31.4. The zero-order valence-electron chi connectivity index (χ0n) is 15.2. The Balaban J connectivity index is 1.77. The highest BCUT2D eigenvalue weighted by molar-refractivity contribution is 6.08. The molecule has 0 fully saturated rings. The lowest BCUT2D eigenvalue weighted by molar-refractivity contribution is 0.103. The van der Waals surface area contributed by atoms with E-state index in [0.717, 1.165) is 11.1 Å². The molecule has 0 amide bonds. The first-order valence-corrected chi connectivity index (χ1v) is 9.09. The summed E-state index contributed by atoms with van der Waals surface area (Å²) in [5, 5.41) is 11.7. The summed E-state index contributed by atoms with van der Waals surface area (Å²) in [5.41, 5.74) is 1.59. The molecule has 3 heteroatoms. The molecule has 0 spiro atoms. The molecule has 28 heavy (non-hydrogen) atoms. The number of aromatic nitrogens is 1. The van der Waals surface area contributed by atoms with Crippen LogP contribution in [-0.2, 0) is 5.60 Å². The number of carbonyl (C=O) groups is 1. The van der Waals surface area contributed by atoms with Crippen LogP contribution in [0.1, 0.15) is 32.7 Å². The zero-order valence-corrected chi connectivity index (χ0v) is 15.2. The summed E-state index contributed by atoms with van der Waals surface area (Å²) < 4.78 is 0. The minimum atomic E-state index is -1.41. The molecule has 3 nitrogen and oxygen atoms in total. The highest BCUT2D eigenvalue weighted by atomic mass is 16.3. The van der Waals surface area contributed by atoms with E-state index >= 15 is 0 Å². The van der Waals surface area contributed by atoms with Crippen molar-refractivity contribution in [2.24, 2.45) is 0 Å². The maximum absolute atomic E-state index is 12.6. The molecule has 0 bridgehead atoms. The molecule has 0 radical (unpaired) electrons. The average Bonchev–Trinajstić information content (AvgIpc) is 2.80. The molecule has 1 heterocycles. The average molecular weight is 365 g/mol. The lowest BCUT2D eigenvalue weighted by Gasteiger charge is -2.29. The minimum Gasteiger partial charge on any atom is -0.374 e. The van der Waals surface area contributed by atoms with E-state index in [0.29, 0.717) is 16.8 Å². The number of hydrogen-bond acceptors (Lipinski definition) is 3. The molecule has 4 rings (SSSR count). The molecule has 136 valence electrons. The number of rotatable bonds is 5. The Morgan fingerprint density at radius 2 is 1.14 bits per heavy atom. The van der Waals surface area contributed by atoms with Gasteiger partial charge in [-0.3, -0.25) is 9.78 Å². The lowest BCUT2D eigenvalue weighted by Crippen LogP contribution is -2.30. The normalized spacial score (nSPS) is 11.2. The predicted octanol–water partition coefficient (Wildman–Crippen LogP) is 4.60. The molecule has 0 atom stereocenters. The van der Waals surface area contributed by atoms with Crippen LogP contribution >= 0.6 is 0 Å². The van der Waals surface area contributed by atoms with Crippen LogP contribution in [0.15, 0.2) is 109 Å². The fraction of sp³-hybridized carbons (Fsp3) is 0.0400. The predicted molar refractivity (Wildman–Crippen MR) is 109 cm³/mol. The van der Waals surface area contributed by atoms with Crippen LogP contribution in [0.5, 0.6) is 0 Å². The largest absolute Gasteiger partial charge is 0.374 e. The molecule has 0 aliphatic carbocycles. The van der Waals surface area contributed by atoms with Gasteiger partial charge in [-0.2, -0.15) is 0 Å². The number of carbonyl (C=O) groups excluding carboxylic acids is 1. The van der Waals surface area contributed by atoms with E-state index < -0.39 is 5.60 Å². The number of aliphatic hydroxyl groups is 1. The quantitative estimate of drug-likeness (QED) is 0.526. The molecular formula is C25H19NO2. The molecule has 3 aromatic carbocycles. The third kappa shape index (κ3) is 3.24. The molecule has 0 saturated heterocycles. The van der Waals surface area contributed by atoms with Gasteiger partial charge in [0, 0.05) is 17.3 Å². The van der Waals surface area contributed by atoms with Crippen molar-refractivity contribution < 1.29 is 9.90 Å². The molecule has 1 aromatic heterocycles. The van der Waals surface area contributed by atoms with Crippen molar-refractivity contribution in [3.8, 4) is 0 Å². The summed E-state index contributed by atoms with van der Waals surface area (Å²) in [4.78, 5) is 17.1. The Morgan fingerprint density at radius 1 is 0.643 bits per heavy atom. The van der Waals surface area contributed by atoms with Gasteiger partial charge in [0.1, 0.15) is 0 Å². The van der Waals surface area contributed by atoms with Gasteiger partial charge in [0.05, 0.1) is 5.69 Å². The molecule has 0 aliphatic heterocycles. The molecule has 1 N–H and O–H groups in total. The van der Waals surface area contributed by atoms with Gasteiger partial charge < -0.3 is 5.11 Å². The third-order valence-corrected chi connectivity index (χ3v) is 4.82. The first-order chi connectivity index (χ1) is 13.7. The first kappa shape index (κ1) is 17.8. The van der Waals surface area contributed by atoms with E-state index in [1.54, 1.807) is 24.3 Å². The Hall–Kier alpha value is -3.56. The summed E-state index contributed by atoms with van der Waals surface area (Å²) in [6.45, 7) is 0. The van der Waals surface area contributed by atoms with E-state index in [4.69, 9.17) is 0 Å². The Labute approximate surface area is 164 Å². The van der Waals surface area contributed by atoms with Crippen LogP contribution in [-0.4, -0.2) is 15.9 Å². The fourth-order valence-corrected chi connectivity index (χ4v) is 3.32. The third-order valence-electron chi connectivity index (χ3n) is 4.82. The van der Waals surface area contributed by atoms with E-state index in [1.807, 2.05) is 78.9 Å². The van der Waals surface area contributed by atoms with Crippen LogP contribution in [0.2, 0.25) is 0 Å². The fourth-order valence-electron chi connectivity index (χ4n) is 3.32. The second kappa shape index (κ2) is 7.59. The van der Waals surface area contributed by atoms with Gasteiger partial charge in [0.2, 0.25) is 0 Å². The van der Waals surface area contributed by atoms with Crippen molar-refractivity contribution in [1.29, 1.82) is 0 Å². The van der Waals surface area contributed by atoms with Crippen LogP contribution < -0.4 is 0 Å². The lowest BCUT2D eigenvalue weighted by atomic mass is 9.83. The Kier molecular flexibility index (Phi) is 4.83. The second-order valence-electron chi connectivity index (χ2n) is 6.57. The standard InChI is InChI=1S/C25H19NO2/c27-24(19-10-4-1-5-11-19)20-16-17-23(26-18-20)25(28,21-12-6-2-7-13-21)22-14-8-3-9-15-22/h1-18,28H. The van der Waals surface area contributed by atoms with Crippen molar-refractivity contribution in [2.45, 2.75) is 5.60 Å². The zero-order chi connectivity index (χ0) is 19.4. The summed E-state index contributed by atoms with van der Waals surface area (Å²) >= 11 is 0. The van der Waals surface area contributed by atoms with Crippen LogP contribution in [0.25, 0.3) is 0 Å². The monoisotopic (exact) mass is 365 g/mol. The molecule has 0 saturated carbocycles. The first-order valence-electron chi connectivity index (χ1n) is 9.09. The van der Waals surface area contributed by atoms with E-state index in [2.05, 4.69) is 4.98 Å². The van der Waals surface area contributed by atoms with Gasteiger partial charge in [-0.05, 0) is 23.3 Å². The van der Waals surface area contributed by atoms with E-state index in [1.165, 1.54) is 6.20 Å². The van der Waals surface area contributed by atoms with Crippen LogP contribution in [0.4, 0.5) is 0 Å². The SMILES string of the molecule is O=C(c1ccccc1)c1ccc(C(O)(c2ccccc2)c2ccccc2)nc1. The highest BCUT2D eigenvalue weighted by Gasteiger charge is 2.35. The topological polar surface area (TPSA) is 50.2 Å². The van der Waals surface area contributed by atoms with Crippen molar-refractivity contribution in [3.05, 3.63) is 137 Å². The van der Waals surface area contributed by atoms with E-state index in [-0.39, 0.29) is 5.78 Å². The van der Waals surface area contributed by atoms with Gasteiger partial charge >= 0.3 is 0 Å². The molecular weight excluding hydrogens is 346 g/mol. The van der Waals surface area contributed by atoms with Crippen LogP contribution in [0.3, 0.4) is 0 Å². The Morgan fingerprint density at radius 3 is 1.61 bits per heavy atom. The van der Waals surface area contributed by atoms with Gasteiger partial charge in [-0.25, -0.2) is 0 Å². The molecule has 0 unspecified atom stereocenters. The van der Waals surface area contributed by atoms with Gasteiger partial charge in [0.25, 0.3) is 0 Å². The summed E-state index contributed by atoms with van der Waals surface area (Å²) in [5.74, 6) is -0.0948. The van der Waals surface area contributed by atoms with E-state index in [9.17, 15) is 9.90 Å². The number of benzene rings is 3. The number of pyridine rings is 1. The maximum atomic E-state index is 12.6. The van der Waals surface area contributed by atoms with Crippen molar-refractivity contribution in [1.82, 2.24) is 4.98 Å². The number of hydrogen-bond donors (Lipinski definition) is 1. The van der Waals surface area contributed by atoms with Gasteiger partial charge in [-0.15, -0.1) is 0 Å². The van der Waals surface area contributed by atoms with Gasteiger partial charge in [-0.1, -0.05) is 91.0 Å². The Bertz CT molecular complexity index is 1020. The summed E-state index contributed by atoms with van der Waals surface area (Å²) in [6.07, 6.45) is 1.53. The van der Waals surface area contributed by atoms with Crippen LogP contribution in [0, 0.1) is 0 Å². The second-order valence-corrected chi connectivity index (χ2v) is 6.57. The minimum absolute atomic E-state index is 0.0948. The maximum Gasteiger partial charge on any atom is 0.194 e. The number of nitrogens with zero attached hydrogens (tertiary/aromatic N) is 1.